The van der Waals surface area contributed by atoms with Crippen molar-refractivity contribution in [2.45, 2.75) is 31.7 Å². The maximum Gasteiger partial charge on any atom is 0.234 e. The molecule has 1 aromatic rings. The third kappa shape index (κ3) is 2.37. The van der Waals surface area contributed by atoms with E-state index in [9.17, 15) is 4.79 Å². The molecule has 3 aliphatic rings. The average molecular weight is 287 g/mol. The minimum absolute atomic E-state index is 0.152. The Kier molecular flexibility index (Phi) is 3.25. The highest BCUT2D eigenvalue weighted by Gasteiger charge is 2.36. The van der Waals surface area contributed by atoms with Crippen molar-refractivity contribution in [2.75, 3.05) is 37.6 Å². The van der Waals surface area contributed by atoms with Gasteiger partial charge in [0.15, 0.2) is 0 Å². The zero-order valence-electron chi connectivity index (χ0n) is 12.2. The molecule has 112 valence electrons. The van der Waals surface area contributed by atoms with E-state index in [2.05, 4.69) is 25.1 Å². The van der Waals surface area contributed by atoms with Crippen LogP contribution in [0, 0.1) is 0 Å². The molecule has 21 heavy (non-hydrogen) atoms. The van der Waals surface area contributed by atoms with E-state index in [4.69, 9.17) is 0 Å². The molecule has 1 aromatic heterocycles. The van der Waals surface area contributed by atoms with Crippen molar-refractivity contribution in [1.82, 2.24) is 20.2 Å². The first-order chi connectivity index (χ1) is 10.3. The molecule has 6 nitrogen and oxygen atoms in total. The summed E-state index contributed by atoms with van der Waals surface area (Å²) in [5.41, 5.74) is 2.60. The summed E-state index contributed by atoms with van der Waals surface area (Å²) < 4.78 is 0. The summed E-state index contributed by atoms with van der Waals surface area (Å²) in [4.78, 5) is 25.1. The number of nitrogens with one attached hydrogen (secondary N) is 1. The Morgan fingerprint density at radius 2 is 2.05 bits per heavy atom. The van der Waals surface area contributed by atoms with E-state index in [1.165, 1.54) is 24.1 Å². The lowest BCUT2D eigenvalue weighted by atomic mass is 9.95. The molecule has 0 bridgehead atoms. The van der Waals surface area contributed by atoms with Crippen LogP contribution in [0.15, 0.2) is 6.33 Å². The standard InChI is InChI=1S/C15H21N5O/c21-14-9-19(6-5-16-14)11-7-20(8-11)15-12-3-1-2-4-13(12)17-10-18-15/h10-11H,1-9H2,(H,16,21). The fourth-order valence-corrected chi connectivity index (χ4v) is 3.61. The van der Waals surface area contributed by atoms with Crippen LogP contribution in [0.1, 0.15) is 24.1 Å². The Labute approximate surface area is 124 Å². The summed E-state index contributed by atoms with van der Waals surface area (Å²) >= 11 is 0. The molecule has 3 heterocycles. The maximum atomic E-state index is 11.5. The molecule has 1 aliphatic carbocycles. The van der Waals surface area contributed by atoms with Crippen LogP contribution in [-0.4, -0.2) is 59.5 Å². The van der Waals surface area contributed by atoms with Crippen LogP contribution in [-0.2, 0) is 17.6 Å². The third-order valence-corrected chi connectivity index (χ3v) is 4.85. The summed E-state index contributed by atoms with van der Waals surface area (Å²) in [7, 11) is 0. The van der Waals surface area contributed by atoms with Crippen molar-refractivity contribution in [2.24, 2.45) is 0 Å². The lowest BCUT2D eigenvalue weighted by Gasteiger charge is -2.47. The number of fused-ring (bicyclic) bond motifs is 1. The number of hydrogen-bond donors (Lipinski definition) is 1. The number of hydrogen-bond acceptors (Lipinski definition) is 5. The SMILES string of the molecule is O=C1CN(C2CN(c3ncnc4c3CCCC4)C2)CCN1. The van der Waals surface area contributed by atoms with Gasteiger partial charge in [0.25, 0.3) is 0 Å². The zero-order valence-corrected chi connectivity index (χ0v) is 12.2. The van der Waals surface area contributed by atoms with E-state index in [0.29, 0.717) is 12.6 Å². The van der Waals surface area contributed by atoms with Gasteiger partial charge >= 0.3 is 0 Å². The predicted octanol–water partition coefficient (Wildman–Crippen LogP) is -0.0242. The van der Waals surface area contributed by atoms with E-state index in [0.717, 1.165) is 44.8 Å². The quantitative estimate of drug-likeness (QED) is 0.828. The van der Waals surface area contributed by atoms with Crippen LogP contribution in [0.3, 0.4) is 0 Å². The molecular weight excluding hydrogens is 266 g/mol. The van der Waals surface area contributed by atoms with E-state index in [1.54, 1.807) is 6.33 Å². The molecule has 0 aromatic carbocycles. The highest BCUT2D eigenvalue weighted by Crippen LogP contribution is 2.30. The maximum absolute atomic E-state index is 11.5. The van der Waals surface area contributed by atoms with Crippen LogP contribution in [0.4, 0.5) is 5.82 Å². The van der Waals surface area contributed by atoms with Crippen molar-refractivity contribution >= 4 is 11.7 Å². The van der Waals surface area contributed by atoms with Crippen molar-refractivity contribution in [3.05, 3.63) is 17.6 Å². The second-order valence-corrected chi connectivity index (χ2v) is 6.21. The van der Waals surface area contributed by atoms with Gasteiger partial charge in [-0.15, -0.1) is 0 Å². The van der Waals surface area contributed by atoms with Gasteiger partial charge in [-0.1, -0.05) is 0 Å². The van der Waals surface area contributed by atoms with E-state index >= 15 is 0 Å². The normalized spacial score (nSPS) is 23.4. The number of aromatic nitrogens is 2. The number of amides is 1. The second kappa shape index (κ2) is 5.26. The van der Waals surface area contributed by atoms with Gasteiger partial charge in [0.2, 0.25) is 5.91 Å². The molecule has 1 N–H and O–H groups in total. The lowest BCUT2D eigenvalue weighted by Crippen LogP contribution is -2.64. The first-order valence-electron chi connectivity index (χ1n) is 7.90. The minimum atomic E-state index is 0.152. The van der Waals surface area contributed by atoms with Gasteiger partial charge in [-0.25, -0.2) is 9.97 Å². The largest absolute Gasteiger partial charge is 0.354 e. The van der Waals surface area contributed by atoms with Crippen LogP contribution in [0.2, 0.25) is 0 Å². The topological polar surface area (TPSA) is 61.4 Å². The van der Waals surface area contributed by atoms with Gasteiger partial charge in [0.1, 0.15) is 12.1 Å². The summed E-state index contributed by atoms with van der Waals surface area (Å²) in [5, 5.41) is 2.88. The third-order valence-electron chi connectivity index (χ3n) is 4.85. The Balaban J connectivity index is 1.45. The van der Waals surface area contributed by atoms with E-state index < -0.39 is 0 Å². The molecule has 2 aliphatic heterocycles. The summed E-state index contributed by atoms with van der Waals surface area (Å²) in [6, 6.07) is 0.491. The monoisotopic (exact) mass is 287 g/mol. The van der Waals surface area contributed by atoms with Crippen LogP contribution in [0.5, 0.6) is 0 Å². The molecule has 0 atom stereocenters. The van der Waals surface area contributed by atoms with Crippen LogP contribution in [0.25, 0.3) is 0 Å². The molecule has 6 heteroatoms. The van der Waals surface area contributed by atoms with Gasteiger partial charge in [-0.05, 0) is 25.7 Å². The molecule has 0 saturated carbocycles. The lowest BCUT2D eigenvalue weighted by molar-refractivity contribution is -0.125. The Bertz CT molecular complexity index is 555. The van der Waals surface area contributed by atoms with Gasteiger partial charge in [-0.3, -0.25) is 9.69 Å². The number of piperazine rings is 1. The molecule has 4 rings (SSSR count). The average Bonchev–Trinajstić information content (AvgIpc) is 2.46. The molecule has 2 saturated heterocycles. The first-order valence-corrected chi connectivity index (χ1v) is 7.90. The Morgan fingerprint density at radius 3 is 2.90 bits per heavy atom. The molecule has 0 spiro atoms. The number of carbonyl (C=O) groups is 1. The fourth-order valence-electron chi connectivity index (χ4n) is 3.61. The fraction of sp³-hybridized carbons (Fsp3) is 0.667. The number of rotatable bonds is 2. The summed E-state index contributed by atoms with van der Waals surface area (Å²) in [5.74, 6) is 1.29. The van der Waals surface area contributed by atoms with Crippen molar-refractivity contribution in [3.63, 3.8) is 0 Å². The molecule has 0 radical (unpaired) electrons. The van der Waals surface area contributed by atoms with Gasteiger partial charge in [-0.2, -0.15) is 0 Å². The second-order valence-electron chi connectivity index (χ2n) is 6.21. The predicted molar refractivity (Wildman–Crippen MR) is 79.3 cm³/mol. The van der Waals surface area contributed by atoms with Crippen molar-refractivity contribution in [1.29, 1.82) is 0 Å². The van der Waals surface area contributed by atoms with E-state index in [1.807, 2.05) is 0 Å². The van der Waals surface area contributed by atoms with Gasteiger partial charge in [0.05, 0.1) is 6.54 Å². The molecular formula is C15H21N5O. The molecule has 1 amide bonds. The van der Waals surface area contributed by atoms with Crippen molar-refractivity contribution < 1.29 is 4.79 Å². The number of nitrogens with zero attached hydrogens (tertiary/aromatic N) is 4. The van der Waals surface area contributed by atoms with Gasteiger partial charge < -0.3 is 10.2 Å². The zero-order chi connectivity index (χ0) is 14.2. The van der Waals surface area contributed by atoms with Crippen molar-refractivity contribution in [3.8, 4) is 0 Å². The number of aryl methyl sites for hydroxylation is 1. The van der Waals surface area contributed by atoms with Crippen LogP contribution >= 0.6 is 0 Å². The number of carbonyl (C=O) groups excluding carboxylic acids is 1. The first kappa shape index (κ1) is 13.0. The molecule has 0 unspecified atom stereocenters. The minimum Gasteiger partial charge on any atom is -0.354 e. The number of anilines is 1. The summed E-state index contributed by atoms with van der Waals surface area (Å²) in [6.07, 6.45) is 6.40. The highest BCUT2D eigenvalue weighted by atomic mass is 16.2. The van der Waals surface area contributed by atoms with Crippen LogP contribution < -0.4 is 10.2 Å². The molecule has 2 fully saturated rings. The smallest absolute Gasteiger partial charge is 0.234 e. The van der Waals surface area contributed by atoms with Gasteiger partial charge in [0, 0.05) is 43.5 Å². The Hall–Kier alpha value is -1.69. The Morgan fingerprint density at radius 1 is 1.19 bits per heavy atom. The summed E-state index contributed by atoms with van der Waals surface area (Å²) in [6.45, 7) is 4.25. The van der Waals surface area contributed by atoms with E-state index in [-0.39, 0.29) is 5.91 Å². The highest BCUT2D eigenvalue weighted by molar-refractivity contribution is 5.78.